The van der Waals surface area contributed by atoms with Crippen LogP contribution in [0, 0.1) is 0 Å². The van der Waals surface area contributed by atoms with Gasteiger partial charge in [0.15, 0.2) is 5.11 Å². The van der Waals surface area contributed by atoms with E-state index < -0.39 is 0 Å². The maximum Gasteiger partial charge on any atom is 0.258 e. The van der Waals surface area contributed by atoms with E-state index in [2.05, 4.69) is 15.5 Å². The van der Waals surface area contributed by atoms with Gasteiger partial charge in [0, 0.05) is 48.0 Å². The van der Waals surface area contributed by atoms with Gasteiger partial charge in [0.05, 0.1) is 10.7 Å². The molecule has 0 saturated carbocycles. The minimum Gasteiger partial charge on any atom is -0.367 e. The Hall–Kier alpha value is -3.65. The molecule has 1 fully saturated rings. The lowest BCUT2D eigenvalue weighted by molar-refractivity contribution is 0.0746. The fourth-order valence-corrected chi connectivity index (χ4v) is 5.16. The number of halogens is 2. The Morgan fingerprint density at radius 1 is 0.816 bits per heavy atom. The van der Waals surface area contributed by atoms with Gasteiger partial charge in [0.2, 0.25) is 0 Å². The Balaban J connectivity index is 1.18. The minimum atomic E-state index is -0.284. The molecule has 0 aromatic heterocycles. The second kappa shape index (κ2) is 11.4. The van der Waals surface area contributed by atoms with E-state index >= 15 is 0 Å². The van der Waals surface area contributed by atoms with E-state index in [0.29, 0.717) is 53.0 Å². The summed E-state index contributed by atoms with van der Waals surface area (Å²) >= 11 is 17.9. The van der Waals surface area contributed by atoms with Crippen LogP contribution in [-0.4, -0.2) is 48.0 Å². The number of piperazine rings is 1. The molecule has 2 amide bonds. The lowest BCUT2D eigenvalue weighted by atomic mass is 10.0. The molecule has 2 N–H and O–H groups in total. The van der Waals surface area contributed by atoms with Crippen molar-refractivity contribution in [3.63, 3.8) is 0 Å². The normalized spacial score (nSPS) is 13.3. The Kier molecular flexibility index (Phi) is 7.79. The molecule has 0 aliphatic carbocycles. The number of fused-ring (bicyclic) bond motifs is 1. The van der Waals surface area contributed by atoms with E-state index in [4.69, 9.17) is 35.4 Å². The highest BCUT2D eigenvalue weighted by Gasteiger charge is 2.23. The van der Waals surface area contributed by atoms with Gasteiger partial charge < -0.3 is 15.1 Å². The van der Waals surface area contributed by atoms with E-state index in [9.17, 15) is 9.59 Å². The zero-order chi connectivity index (χ0) is 26.6. The molecule has 1 heterocycles. The molecule has 9 heteroatoms. The number of carbonyl (C=O) groups is 2. The number of carbonyl (C=O) groups excluding carboxylic acids is 2. The van der Waals surface area contributed by atoms with E-state index in [1.165, 1.54) is 0 Å². The number of rotatable bonds is 4. The van der Waals surface area contributed by atoms with E-state index in [-0.39, 0.29) is 16.9 Å². The van der Waals surface area contributed by atoms with E-state index in [1.54, 1.807) is 36.4 Å². The molecule has 5 rings (SSSR count). The quantitative estimate of drug-likeness (QED) is 0.288. The van der Waals surface area contributed by atoms with Crippen molar-refractivity contribution in [3.8, 4) is 0 Å². The molecule has 0 spiro atoms. The van der Waals surface area contributed by atoms with Crippen LogP contribution in [0.5, 0.6) is 0 Å². The molecule has 1 aliphatic heterocycles. The largest absolute Gasteiger partial charge is 0.367 e. The molecule has 0 bridgehead atoms. The second-order valence-corrected chi connectivity index (χ2v) is 10.1. The summed E-state index contributed by atoms with van der Waals surface area (Å²) in [6, 6.07) is 25.8. The first-order valence-electron chi connectivity index (χ1n) is 12.1. The number of nitrogens with one attached hydrogen (secondary N) is 2. The number of anilines is 2. The Morgan fingerprint density at radius 2 is 1.53 bits per heavy atom. The number of benzene rings is 4. The lowest BCUT2D eigenvalue weighted by Gasteiger charge is -2.36. The van der Waals surface area contributed by atoms with Gasteiger partial charge in [-0.25, -0.2) is 0 Å². The fraction of sp³-hybridized carbons (Fsp3) is 0.138. The maximum absolute atomic E-state index is 12.9. The third kappa shape index (κ3) is 5.75. The van der Waals surface area contributed by atoms with Gasteiger partial charge in [-0.3, -0.25) is 14.9 Å². The number of hydrogen-bond acceptors (Lipinski definition) is 4. The van der Waals surface area contributed by atoms with Gasteiger partial charge in [0.25, 0.3) is 11.8 Å². The molecule has 0 atom stereocenters. The van der Waals surface area contributed by atoms with Crippen LogP contribution in [0.3, 0.4) is 0 Å². The number of thiocarbonyl (C=S) groups is 1. The van der Waals surface area contributed by atoms with Gasteiger partial charge in [-0.2, -0.15) is 0 Å². The molecular formula is C29H24Cl2N4O2S. The lowest BCUT2D eigenvalue weighted by Crippen LogP contribution is -2.48. The van der Waals surface area contributed by atoms with Crippen LogP contribution in [0.25, 0.3) is 10.8 Å². The number of hydrogen-bond donors (Lipinski definition) is 2. The van der Waals surface area contributed by atoms with Crippen LogP contribution in [0.15, 0.2) is 84.9 Å². The first kappa shape index (κ1) is 26.0. The monoisotopic (exact) mass is 562 g/mol. The highest BCUT2D eigenvalue weighted by atomic mass is 35.5. The summed E-state index contributed by atoms with van der Waals surface area (Å²) in [7, 11) is 0. The molecular weight excluding hydrogens is 539 g/mol. The zero-order valence-corrected chi connectivity index (χ0v) is 22.6. The predicted molar refractivity (Wildman–Crippen MR) is 159 cm³/mol. The van der Waals surface area contributed by atoms with Crippen molar-refractivity contribution in [3.05, 3.63) is 106 Å². The van der Waals surface area contributed by atoms with Crippen molar-refractivity contribution in [2.45, 2.75) is 0 Å². The average molecular weight is 564 g/mol. The summed E-state index contributed by atoms with van der Waals surface area (Å²) in [6.07, 6.45) is 0. The molecule has 0 unspecified atom stereocenters. The third-order valence-corrected chi connectivity index (χ3v) is 7.22. The molecule has 6 nitrogen and oxygen atoms in total. The molecule has 4 aromatic rings. The van der Waals surface area contributed by atoms with Crippen molar-refractivity contribution in [2.24, 2.45) is 0 Å². The van der Waals surface area contributed by atoms with Crippen molar-refractivity contribution < 1.29 is 9.59 Å². The van der Waals surface area contributed by atoms with Gasteiger partial charge in [-0.15, -0.1) is 0 Å². The van der Waals surface area contributed by atoms with Crippen LogP contribution in [0.4, 0.5) is 11.4 Å². The van der Waals surface area contributed by atoms with Gasteiger partial charge in [-0.05, 0) is 71.5 Å². The molecule has 4 aromatic carbocycles. The Labute approximate surface area is 236 Å². The summed E-state index contributed by atoms with van der Waals surface area (Å²) in [5.74, 6) is -0.293. The standard InChI is InChI=1S/C29H24Cl2N4O2S/c30-21-10-8-20(9-11-21)28(37)35-16-14-34(15-17-35)26-13-12-22(18-25(26)31)32-29(38)33-27(36)24-7-3-5-19-4-1-2-6-23(19)24/h1-13,18H,14-17H2,(H2,32,33,36,38). The molecule has 1 saturated heterocycles. The summed E-state index contributed by atoms with van der Waals surface area (Å²) < 4.78 is 0. The van der Waals surface area contributed by atoms with E-state index in [1.807, 2.05) is 53.4 Å². The number of amides is 2. The predicted octanol–water partition coefficient (Wildman–Crippen LogP) is 6.24. The van der Waals surface area contributed by atoms with Gasteiger partial charge in [-0.1, -0.05) is 59.6 Å². The molecule has 38 heavy (non-hydrogen) atoms. The first-order chi connectivity index (χ1) is 18.4. The van der Waals surface area contributed by atoms with Crippen molar-refractivity contribution in [1.29, 1.82) is 0 Å². The Bertz CT molecular complexity index is 1510. The summed E-state index contributed by atoms with van der Waals surface area (Å²) in [5, 5.41) is 8.97. The van der Waals surface area contributed by atoms with Crippen molar-refractivity contribution in [2.75, 3.05) is 36.4 Å². The average Bonchev–Trinajstić information content (AvgIpc) is 2.93. The van der Waals surface area contributed by atoms with Crippen LogP contribution in [-0.2, 0) is 0 Å². The van der Waals surface area contributed by atoms with Gasteiger partial charge >= 0.3 is 0 Å². The summed E-state index contributed by atoms with van der Waals surface area (Å²) in [4.78, 5) is 29.6. The van der Waals surface area contributed by atoms with Crippen LogP contribution < -0.4 is 15.5 Å². The summed E-state index contributed by atoms with van der Waals surface area (Å²) in [6.45, 7) is 2.49. The molecule has 1 aliphatic rings. The highest BCUT2D eigenvalue weighted by Crippen LogP contribution is 2.30. The third-order valence-electron chi connectivity index (χ3n) is 6.47. The summed E-state index contributed by atoms with van der Waals surface area (Å²) in [5.41, 5.74) is 2.72. The highest BCUT2D eigenvalue weighted by molar-refractivity contribution is 7.80. The molecule has 192 valence electrons. The Morgan fingerprint density at radius 3 is 2.26 bits per heavy atom. The van der Waals surface area contributed by atoms with Crippen LogP contribution in [0.2, 0.25) is 10.0 Å². The van der Waals surface area contributed by atoms with Crippen LogP contribution >= 0.6 is 35.4 Å². The van der Waals surface area contributed by atoms with Crippen molar-refractivity contribution in [1.82, 2.24) is 10.2 Å². The van der Waals surface area contributed by atoms with E-state index in [0.717, 1.165) is 16.5 Å². The smallest absolute Gasteiger partial charge is 0.258 e. The number of nitrogens with zero attached hydrogens (tertiary/aromatic N) is 2. The maximum atomic E-state index is 12.9. The molecule has 0 radical (unpaired) electrons. The SMILES string of the molecule is O=C(NC(=S)Nc1ccc(N2CCN(C(=O)c3ccc(Cl)cc3)CC2)c(Cl)c1)c1cccc2ccccc12. The first-order valence-corrected chi connectivity index (χ1v) is 13.2. The fourth-order valence-electron chi connectivity index (χ4n) is 4.52. The van der Waals surface area contributed by atoms with Crippen molar-refractivity contribution >= 4 is 74.5 Å². The zero-order valence-electron chi connectivity index (χ0n) is 20.3. The van der Waals surface area contributed by atoms with Crippen LogP contribution in [0.1, 0.15) is 20.7 Å². The minimum absolute atomic E-state index is 0.00831. The van der Waals surface area contributed by atoms with Gasteiger partial charge in [0.1, 0.15) is 0 Å². The second-order valence-electron chi connectivity index (χ2n) is 8.89. The topological polar surface area (TPSA) is 64.7 Å².